The summed E-state index contributed by atoms with van der Waals surface area (Å²) >= 11 is 0. The van der Waals surface area contributed by atoms with Crippen molar-refractivity contribution in [1.29, 1.82) is 0 Å². The van der Waals surface area contributed by atoms with Gasteiger partial charge in [0.2, 0.25) is 0 Å². The Bertz CT molecular complexity index is 417. The minimum absolute atomic E-state index is 0.394. The Morgan fingerprint density at radius 1 is 1.47 bits per heavy atom. The maximum atomic E-state index is 9.98. The first-order valence-electron chi connectivity index (χ1n) is 7.19. The largest absolute Gasteiger partial charge is 0.389 e. The van der Waals surface area contributed by atoms with E-state index < -0.39 is 5.60 Å². The molecule has 2 N–H and O–H groups in total. The number of nitrogens with zero attached hydrogens (tertiary/aromatic N) is 1. The molecule has 1 heterocycles. The number of hydrogen-bond donors (Lipinski definition) is 2. The second-order valence-electron chi connectivity index (χ2n) is 6.07. The zero-order chi connectivity index (χ0) is 13.9. The molecule has 3 heteroatoms. The molecule has 2 atom stereocenters. The van der Waals surface area contributed by atoms with E-state index in [1.54, 1.807) is 0 Å². The van der Waals surface area contributed by atoms with E-state index in [0.717, 1.165) is 32.5 Å². The second kappa shape index (κ2) is 6.04. The van der Waals surface area contributed by atoms with Crippen molar-refractivity contribution in [3.8, 4) is 0 Å². The predicted octanol–water partition coefficient (Wildman–Crippen LogP) is 2.10. The van der Waals surface area contributed by atoms with Crippen LogP contribution in [-0.4, -0.2) is 42.3 Å². The molecule has 0 saturated carbocycles. The van der Waals surface area contributed by atoms with Crippen molar-refractivity contribution in [3.05, 3.63) is 35.4 Å². The van der Waals surface area contributed by atoms with Crippen LogP contribution in [0.5, 0.6) is 0 Å². The van der Waals surface area contributed by atoms with Crippen molar-refractivity contribution in [2.75, 3.05) is 26.7 Å². The lowest BCUT2D eigenvalue weighted by Crippen LogP contribution is -2.31. The molecule has 0 spiro atoms. The molecule has 1 saturated heterocycles. The Morgan fingerprint density at radius 2 is 2.26 bits per heavy atom. The van der Waals surface area contributed by atoms with E-state index >= 15 is 0 Å². The second-order valence-corrected chi connectivity index (χ2v) is 6.07. The van der Waals surface area contributed by atoms with E-state index in [1.165, 1.54) is 11.1 Å². The summed E-state index contributed by atoms with van der Waals surface area (Å²) in [6.07, 6.45) is 1.97. The molecule has 2 rings (SSSR count). The summed E-state index contributed by atoms with van der Waals surface area (Å²) in [6, 6.07) is 9.09. The molecule has 0 aliphatic carbocycles. The van der Waals surface area contributed by atoms with Crippen LogP contribution in [0.3, 0.4) is 0 Å². The molecule has 2 unspecified atom stereocenters. The maximum absolute atomic E-state index is 9.98. The van der Waals surface area contributed by atoms with E-state index in [2.05, 4.69) is 41.4 Å². The van der Waals surface area contributed by atoms with Gasteiger partial charge in [-0.05, 0) is 39.3 Å². The lowest BCUT2D eigenvalue weighted by Gasteiger charge is -2.22. The van der Waals surface area contributed by atoms with E-state index in [1.807, 2.05) is 14.0 Å². The van der Waals surface area contributed by atoms with E-state index in [4.69, 9.17) is 0 Å². The van der Waals surface area contributed by atoms with Crippen molar-refractivity contribution in [3.63, 3.8) is 0 Å². The minimum atomic E-state index is -0.488. The Labute approximate surface area is 116 Å². The van der Waals surface area contributed by atoms with Crippen LogP contribution in [0, 0.1) is 6.92 Å². The Balaban J connectivity index is 1.90. The fourth-order valence-corrected chi connectivity index (χ4v) is 2.91. The van der Waals surface area contributed by atoms with Crippen molar-refractivity contribution in [2.45, 2.75) is 38.3 Å². The molecule has 1 fully saturated rings. The molecule has 1 aromatic carbocycles. The molecule has 1 aromatic rings. The van der Waals surface area contributed by atoms with Crippen molar-refractivity contribution in [1.82, 2.24) is 10.2 Å². The van der Waals surface area contributed by atoms with Gasteiger partial charge in [-0.15, -0.1) is 0 Å². The summed E-state index contributed by atoms with van der Waals surface area (Å²) in [5.41, 5.74) is 2.17. The van der Waals surface area contributed by atoms with Gasteiger partial charge in [-0.2, -0.15) is 0 Å². The van der Waals surface area contributed by atoms with Gasteiger partial charge in [0.15, 0.2) is 0 Å². The smallest absolute Gasteiger partial charge is 0.0758 e. The standard InChI is InChI=1S/C16H26N2O/c1-13-5-4-6-14(11-13)15(17-3)7-9-18-10-8-16(2,19)12-18/h4-6,11,15,17,19H,7-10,12H2,1-3H3. The zero-order valence-electron chi connectivity index (χ0n) is 12.3. The van der Waals surface area contributed by atoms with E-state index in [0.29, 0.717) is 6.04 Å². The minimum Gasteiger partial charge on any atom is -0.389 e. The zero-order valence-corrected chi connectivity index (χ0v) is 12.3. The van der Waals surface area contributed by atoms with Gasteiger partial charge < -0.3 is 15.3 Å². The third kappa shape index (κ3) is 4.03. The molecule has 1 aliphatic heterocycles. The SMILES string of the molecule is CNC(CCN1CCC(C)(O)C1)c1cccc(C)c1. The van der Waals surface area contributed by atoms with Crippen LogP contribution < -0.4 is 5.32 Å². The average Bonchev–Trinajstić information content (AvgIpc) is 2.70. The number of nitrogens with one attached hydrogen (secondary N) is 1. The van der Waals surface area contributed by atoms with Crippen LogP contribution in [-0.2, 0) is 0 Å². The van der Waals surface area contributed by atoms with Crippen LogP contribution in [0.4, 0.5) is 0 Å². The average molecular weight is 262 g/mol. The Kier molecular flexibility index (Phi) is 4.61. The Hall–Kier alpha value is -0.900. The topological polar surface area (TPSA) is 35.5 Å². The molecule has 0 aromatic heterocycles. The third-order valence-corrected chi connectivity index (χ3v) is 4.06. The molecule has 0 radical (unpaired) electrons. The predicted molar refractivity (Wildman–Crippen MR) is 79.3 cm³/mol. The molecule has 3 nitrogen and oxygen atoms in total. The summed E-state index contributed by atoms with van der Waals surface area (Å²) in [5.74, 6) is 0. The summed E-state index contributed by atoms with van der Waals surface area (Å²) in [6.45, 7) is 6.92. The van der Waals surface area contributed by atoms with Gasteiger partial charge in [-0.25, -0.2) is 0 Å². The highest BCUT2D eigenvalue weighted by Crippen LogP contribution is 2.23. The van der Waals surface area contributed by atoms with Crippen LogP contribution in [0.2, 0.25) is 0 Å². The van der Waals surface area contributed by atoms with Crippen LogP contribution in [0.1, 0.15) is 36.9 Å². The first kappa shape index (κ1) is 14.5. The number of aryl methyl sites for hydroxylation is 1. The van der Waals surface area contributed by atoms with Gasteiger partial charge in [-0.3, -0.25) is 0 Å². The summed E-state index contributed by atoms with van der Waals surface area (Å²) in [7, 11) is 2.02. The lowest BCUT2D eigenvalue weighted by molar-refractivity contribution is 0.0683. The van der Waals surface area contributed by atoms with Crippen LogP contribution >= 0.6 is 0 Å². The molecule has 19 heavy (non-hydrogen) atoms. The number of rotatable bonds is 5. The highest BCUT2D eigenvalue weighted by atomic mass is 16.3. The van der Waals surface area contributed by atoms with Gasteiger partial charge in [0.25, 0.3) is 0 Å². The fourth-order valence-electron chi connectivity index (χ4n) is 2.91. The highest BCUT2D eigenvalue weighted by molar-refractivity contribution is 5.25. The van der Waals surface area contributed by atoms with Crippen LogP contribution in [0.15, 0.2) is 24.3 Å². The van der Waals surface area contributed by atoms with E-state index in [9.17, 15) is 5.11 Å². The number of likely N-dealkylation sites (tertiary alicyclic amines) is 1. The molecular formula is C16H26N2O. The summed E-state index contributed by atoms with van der Waals surface area (Å²) in [5, 5.41) is 13.4. The molecular weight excluding hydrogens is 236 g/mol. The van der Waals surface area contributed by atoms with Crippen LogP contribution in [0.25, 0.3) is 0 Å². The van der Waals surface area contributed by atoms with Gasteiger partial charge in [-0.1, -0.05) is 29.8 Å². The van der Waals surface area contributed by atoms with E-state index in [-0.39, 0.29) is 0 Å². The van der Waals surface area contributed by atoms with Gasteiger partial charge in [0.1, 0.15) is 0 Å². The maximum Gasteiger partial charge on any atom is 0.0758 e. The molecule has 0 bridgehead atoms. The van der Waals surface area contributed by atoms with Gasteiger partial charge in [0.05, 0.1) is 5.60 Å². The lowest BCUT2D eigenvalue weighted by atomic mass is 10.0. The molecule has 1 aliphatic rings. The van der Waals surface area contributed by atoms with Crippen molar-refractivity contribution >= 4 is 0 Å². The van der Waals surface area contributed by atoms with Crippen molar-refractivity contribution in [2.24, 2.45) is 0 Å². The molecule has 0 amide bonds. The summed E-state index contributed by atoms with van der Waals surface area (Å²) in [4.78, 5) is 2.36. The quantitative estimate of drug-likeness (QED) is 0.853. The number of hydrogen-bond acceptors (Lipinski definition) is 3. The fraction of sp³-hybridized carbons (Fsp3) is 0.625. The first-order valence-corrected chi connectivity index (χ1v) is 7.19. The summed E-state index contributed by atoms with van der Waals surface area (Å²) < 4.78 is 0. The monoisotopic (exact) mass is 262 g/mol. The Morgan fingerprint density at radius 3 is 2.84 bits per heavy atom. The third-order valence-electron chi connectivity index (χ3n) is 4.06. The van der Waals surface area contributed by atoms with Crippen molar-refractivity contribution < 1.29 is 5.11 Å². The number of aliphatic hydroxyl groups is 1. The molecule has 106 valence electrons. The first-order chi connectivity index (χ1) is 9.00. The van der Waals surface area contributed by atoms with Gasteiger partial charge >= 0.3 is 0 Å². The van der Waals surface area contributed by atoms with Gasteiger partial charge in [0, 0.05) is 25.7 Å². The highest BCUT2D eigenvalue weighted by Gasteiger charge is 2.31. The normalized spacial score (nSPS) is 25.7. The number of benzene rings is 1. The number of β-amino-alcohol motifs (C(OH)–C–C–N with tert-alkyl or cyclic N) is 1.